The number of rotatable bonds is 5. The summed E-state index contributed by atoms with van der Waals surface area (Å²) in [5, 5.41) is 6.42. The zero-order valence-corrected chi connectivity index (χ0v) is 13.7. The van der Waals surface area contributed by atoms with Crippen molar-refractivity contribution in [1.82, 2.24) is 15.2 Å². The number of pyridine rings is 1. The zero-order chi connectivity index (χ0) is 18.8. The van der Waals surface area contributed by atoms with Crippen LogP contribution in [0.2, 0.25) is 0 Å². The van der Waals surface area contributed by atoms with Crippen molar-refractivity contribution in [1.29, 1.82) is 0 Å². The summed E-state index contributed by atoms with van der Waals surface area (Å²) in [5.41, 5.74) is 1.14. The lowest BCUT2D eigenvalue weighted by atomic mass is 10.2. The normalized spacial score (nSPS) is 12.0. The minimum atomic E-state index is -5.02. The van der Waals surface area contributed by atoms with Crippen LogP contribution in [0.5, 0.6) is 5.75 Å². The number of anilines is 1. The number of nitrogens with one attached hydrogen (secondary N) is 2. The van der Waals surface area contributed by atoms with Gasteiger partial charge >= 0.3 is 6.36 Å². The molecular weight excluding hydrogens is 373 g/mol. The molecule has 7 nitrogen and oxygen atoms in total. The second kappa shape index (κ2) is 6.67. The van der Waals surface area contributed by atoms with E-state index in [-0.39, 0.29) is 5.82 Å². The van der Waals surface area contributed by atoms with Crippen molar-refractivity contribution in [2.45, 2.75) is 11.3 Å². The van der Waals surface area contributed by atoms with E-state index in [4.69, 9.17) is 0 Å². The molecule has 0 saturated heterocycles. The first-order chi connectivity index (χ1) is 12.2. The smallest absolute Gasteiger partial charge is 0.404 e. The van der Waals surface area contributed by atoms with Crippen LogP contribution in [0.3, 0.4) is 0 Å². The number of aromatic nitrogens is 3. The Balaban J connectivity index is 1.88. The van der Waals surface area contributed by atoms with Gasteiger partial charge in [0.2, 0.25) is 0 Å². The predicted molar refractivity (Wildman–Crippen MR) is 85.8 cm³/mol. The van der Waals surface area contributed by atoms with Gasteiger partial charge in [0.25, 0.3) is 10.0 Å². The lowest BCUT2D eigenvalue weighted by molar-refractivity contribution is -0.275. The summed E-state index contributed by atoms with van der Waals surface area (Å²) in [6.45, 7) is 0. The Labute approximate surface area is 145 Å². The summed E-state index contributed by atoms with van der Waals surface area (Å²) in [6, 6.07) is 9.22. The van der Waals surface area contributed by atoms with E-state index < -0.39 is 27.0 Å². The number of hydrogen-bond acceptors (Lipinski definition) is 5. The lowest BCUT2D eigenvalue weighted by Crippen LogP contribution is -2.21. The molecule has 0 aliphatic carbocycles. The Morgan fingerprint density at radius 2 is 1.88 bits per heavy atom. The summed E-state index contributed by atoms with van der Waals surface area (Å²) in [6.07, 6.45) is -1.91. The van der Waals surface area contributed by atoms with E-state index in [1.165, 1.54) is 24.4 Å². The Morgan fingerprint density at radius 3 is 2.58 bits per heavy atom. The number of H-pyrrole nitrogens is 1. The van der Waals surface area contributed by atoms with E-state index in [0.717, 1.165) is 12.1 Å². The third kappa shape index (κ3) is 4.11. The molecule has 2 heterocycles. The van der Waals surface area contributed by atoms with Gasteiger partial charge in [0.1, 0.15) is 10.6 Å². The molecule has 0 amide bonds. The minimum Gasteiger partial charge on any atom is -0.404 e. The number of para-hydroxylation sites is 1. The van der Waals surface area contributed by atoms with Gasteiger partial charge in [-0.2, -0.15) is 5.10 Å². The fourth-order valence-electron chi connectivity index (χ4n) is 2.12. The average Bonchev–Trinajstić information content (AvgIpc) is 3.02. The number of hydrogen-bond donors (Lipinski definition) is 2. The zero-order valence-electron chi connectivity index (χ0n) is 12.9. The number of sulfonamides is 1. The lowest BCUT2D eigenvalue weighted by Gasteiger charge is -2.13. The SMILES string of the molecule is O=S(=O)(Nc1cc(-c2cccnc2)[nH]n1)c1ccccc1OC(F)(F)F. The number of aromatic amines is 1. The molecule has 0 unspecified atom stereocenters. The number of nitrogens with zero attached hydrogens (tertiary/aromatic N) is 2. The van der Waals surface area contributed by atoms with Crippen LogP contribution in [0.15, 0.2) is 59.8 Å². The highest BCUT2D eigenvalue weighted by molar-refractivity contribution is 7.92. The quantitative estimate of drug-likeness (QED) is 0.704. The molecule has 0 atom stereocenters. The van der Waals surface area contributed by atoms with Gasteiger partial charge in [0.15, 0.2) is 5.82 Å². The molecular formula is C15H11F3N4O3S. The number of halogens is 3. The van der Waals surface area contributed by atoms with E-state index in [9.17, 15) is 21.6 Å². The summed E-state index contributed by atoms with van der Waals surface area (Å²) in [4.78, 5) is 3.26. The summed E-state index contributed by atoms with van der Waals surface area (Å²) >= 11 is 0. The Morgan fingerprint density at radius 1 is 1.12 bits per heavy atom. The maximum atomic E-state index is 12.5. The third-order valence-corrected chi connectivity index (χ3v) is 4.55. The molecule has 3 aromatic rings. The maximum absolute atomic E-state index is 12.5. The highest BCUT2D eigenvalue weighted by Gasteiger charge is 2.34. The molecule has 0 fully saturated rings. The van der Waals surface area contributed by atoms with Crippen molar-refractivity contribution < 1.29 is 26.3 Å². The van der Waals surface area contributed by atoms with Gasteiger partial charge in [-0.05, 0) is 24.3 Å². The van der Waals surface area contributed by atoms with Gasteiger partial charge in [-0.3, -0.25) is 14.8 Å². The first kappa shape index (κ1) is 17.7. The maximum Gasteiger partial charge on any atom is 0.573 e. The minimum absolute atomic E-state index is 0.0920. The van der Waals surface area contributed by atoms with Crippen LogP contribution in [0.1, 0.15) is 0 Å². The molecule has 0 spiro atoms. The topological polar surface area (TPSA) is 97.0 Å². The van der Waals surface area contributed by atoms with E-state index in [2.05, 4.69) is 24.6 Å². The van der Waals surface area contributed by atoms with Crippen molar-refractivity contribution >= 4 is 15.8 Å². The molecule has 0 bridgehead atoms. The number of ether oxygens (including phenoxy) is 1. The van der Waals surface area contributed by atoms with Crippen LogP contribution in [0, 0.1) is 0 Å². The predicted octanol–water partition coefficient (Wildman–Crippen LogP) is 3.17. The fourth-order valence-corrected chi connectivity index (χ4v) is 3.24. The monoisotopic (exact) mass is 384 g/mol. The second-order valence-electron chi connectivity index (χ2n) is 5.01. The van der Waals surface area contributed by atoms with Gasteiger partial charge in [0.05, 0.1) is 5.69 Å². The summed E-state index contributed by atoms with van der Waals surface area (Å²) < 4.78 is 68.1. The standard InChI is InChI=1S/C15H11F3N4O3S/c16-15(17,18)25-12-5-1-2-6-13(12)26(23,24)22-14-8-11(20-21-14)10-4-3-7-19-9-10/h1-9H,(H2,20,21,22). The highest BCUT2D eigenvalue weighted by Crippen LogP contribution is 2.30. The number of benzene rings is 1. The highest BCUT2D eigenvalue weighted by atomic mass is 32.2. The van der Waals surface area contributed by atoms with Gasteiger partial charge in [-0.15, -0.1) is 13.2 Å². The van der Waals surface area contributed by atoms with E-state index in [1.807, 2.05) is 0 Å². The Hall–Kier alpha value is -3.08. The molecule has 26 heavy (non-hydrogen) atoms. The van der Waals surface area contributed by atoms with Crippen molar-refractivity contribution in [3.8, 4) is 17.0 Å². The van der Waals surface area contributed by atoms with Gasteiger partial charge in [-0.25, -0.2) is 8.42 Å². The largest absolute Gasteiger partial charge is 0.573 e. The summed E-state index contributed by atoms with van der Waals surface area (Å²) in [5.74, 6) is -0.929. The Kier molecular flexibility index (Phi) is 4.55. The van der Waals surface area contributed by atoms with Gasteiger partial charge < -0.3 is 4.74 Å². The van der Waals surface area contributed by atoms with Crippen LogP contribution < -0.4 is 9.46 Å². The summed E-state index contributed by atoms with van der Waals surface area (Å²) in [7, 11) is -4.36. The second-order valence-corrected chi connectivity index (χ2v) is 6.66. The van der Waals surface area contributed by atoms with Crippen LogP contribution in [0.4, 0.5) is 19.0 Å². The molecule has 0 aliphatic heterocycles. The molecule has 2 N–H and O–H groups in total. The molecule has 0 radical (unpaired) electrons. The third-order valence-electron chi connectivity index (χ3n) is 3.15. The molecule has 0 aliphatic rings. The fraction of sp³-hybridized carbons (Fsp3) is 0.0667. The first-order valence-electron chi connectivity index (χ1n) is 7.08. The van der Waals surface area contributed by atoms with Crippen LogP contribution in [-0.2, 0) is 10.0 Å². The molecule has 11 heteroatoms. The van der Waals surface area contributed by atoms with Crippen molar-refractivity contribution in [2.24, 2.45) is 0 Å². The first-order valence-corrected chi connectivity index (χ1v) is 8.56. The van der Waals surface area contributed by atoms with Crippen LogP contribution in [-0.4, -0.2) is 30.0 Å². The average molecular weight is 384 g/mol. The van der Waals surface area contributed by atoms with Crippen molar-refractivity contribution in [3.05, 3.63) is 54.9 Å². The Bertz CT molecular complexity index is 1000. The van der Waals surface area contributed by atoms with E-state index >= 15 is 0 Å². The molecule has 1 aromatic carbocycles. The molecule has 2 aromatic heterocycles. The van der Waals surface area contributed by atoms with Crippen molar-refractivity contribution in [2.75, 3.05) is 4.72 Å². The van der Waals surface area contributed by atoms with E-state index in [1.54, 1.807) is 18.3 Å². The van der Waals surface area contributed by atoms with Crippen LogP contribution >= 0.6 is 0 Å². The number of alkyl halides is 3. The molecule has 0 saturated carbocycles. The van der Waals surface area contributed by atoms with Gasteiger partial charge in [-0.1, -0.05) is 12.1 Å². The molecule has 136 valence electrons. The molecule has 3 rings (SSSR count). The van der Waals surface area contributed by atoms with E-state index in [0.29, 0.717) is 11.3 Å². The van der Waals surface area contributed by atoms with Crippen LogP contribution in [0.25, 0.3) is 11.3 Å². The van der Waals surface area contributed by atoms with Crippen molar-refractivity contribution in [3.63, 3.8) is 0 Å². The van der Waals surface area contributed by atoms with Gasteiger partial charge in [0, 0.05) is 24.0 Å².